The lowest BCUT2D eigenvalue weighted by Gasteiger charge is -2.47. The Bertz CT molecular complexity index is 3880. The number of rotatable bonds is 4. The number of furan rings is 1. The quantitative estimate of drug-likeness (QED) is 0.130. The summed E-state index contributed by atoms with van der Waals surface area (Å²) >= 11 is 0. The third-order valence-electron chi connectivity index (χ3n) is 20.2. The Balaban J connectivity index is 1.20. The van der Waals surface area contributed by atoms with Crippen molar-refractivity contribution in [3.8, 4) is 22.3 Å². The fraction of sp³-hybridized carbons (Fsp3) is 0.384. The highest BCUT2D eigenvalue weighted by molar-refractivity contribution is 7.00. The summed E-state index contributed by atoms with van der Waals surface area (Å²) < 4.78 is 7.79. The first-order valence-electron chi connectivity index (χ1n) is 29.1. The van der Waals surface area contributed by atoms with E-state index < -0.39 is 0 Å². The van der Waals surface area contributed by atoms with Gasteiger partial charge in [-0.25, -0.2) is 4.85 Å². The smallest absolute Gasteiger partial charge is 0.297 e. The van der Waals surface area contributed by atoms with Crippen LogP contribution in [0.3, 0.4) is 0 Å². The zero-order valence-corrected chi connectivity index (χ0v) is 49.2. The van der Waals surface area contributed by atoms with Gasteiger partial charge in [-0.1, -0.05) is 171 Å². The second kappa shape index (κ2) is 16.6. The van der Waals surface area contributed by atoms with Crippen molar-refractivity contribution >= 4 is 74.1 Å². The minimum atomic E-state index is -0.203. The van der Waals surface area contributed by atoms with Gasteiger partial charge >= 0.3 is 0 Å². The average Bonchev–Trinajstić information content (AvgIpc) is 3.16. The molecule has 13 rings (SSSR count). The normalized spacial score (nSPS) is 19.4. The minimum absolute atomic E-state index is 0.00238. The summed E-state index contributed by atoms with van der Waals surface area (Å²) in [5.41, 5.74) is 26.6. The fourth-order valence-electron chi connectivity index (χ4n) is 14.9. The summed E-state index contributed by atoms with van der Waals surface area (Å²) in [6, 6.07) is 49.2. The van der Waals surface area contributed by atoms with Crippen LogP contribution in [0.15, 0.2) is 132 Å². The van der Waals surface area contributed by atoms with Crippen molar-refractivity contribution in [2.45, 2.75) is 180 Å². The van der Waals surface area contributed by atoms with E-state index in [9.17, 15) is 0 Å². The maximum absolute atomic E-state index is 8.03. The second-order valence-corrected chi connectivity index (χ2v) is 29.2. The molecule has 1 aromatic heterocycles. The van der Waals surface area contributed by atoms with Crippen LogP contribution in [0.4, 0.5) is 39.8 Å². The number of fused-ring (bicyclic) bond motifs is 9. The summed E-state index contributed by atoms with van der Waals surface area (Å²) in [4.78, 5) is 9.16. The van der Waals surface area contributed by atoms with Crippen LogP contribution in [0, 0.1) is 6.57 Å². The maximum Gasteiger partial charge on any atom is 0.297 e. The van der Waals surface area contributed by atoms with Crippen LogP contribution < -0.4 is 26.4 Å². The lowest BCUT2D eigenvalue weighted by atomic mass is 9.35. The molecule has 0 radical (unpaired) electrons. The Morgan fingerprint density at radius 2 is 0.987 bits per heavy atom. The molecule has 0 saturated carbocycles. The number of nitrogens with zero attached hydrogens (tertiary/aromatic N) is 3. The van der Waals surface area contributed by atoms with Crippen molar-refractivity contribution in [3.63, 3.8) is 0 Å². The molecule has 78 heavy (non-hydrogen) atoms. The zero-order chi connectivity index (χ0) is 55.0. The molecule has 8 aromatic rings. The lowest BCUT2D eigenvalue weighted by molar-refractivity contribution is 0.332. The molecule has 0 unspecified atom stereocenters. The van der Waals surface area contributed by atoms with Gasteiger partial charge in [0.1, 0.15) is 5.58 Å². The topological polar surface area (TPSA) is 24.0 Å². The van der Waals surface area contributed by atoms with Gasteiger partial charge in [-0.2, -0.15) is 0 Å². The maximum atomic E-state index is 8.03. The van der Waals surface area contributed by atoms with Gasteiger partial charge in [0, 0.05) is 33.8 Å². The van der Waals surface area contributed by atoms with E-state index >= 15 is 0 Å². The van der Waals surface area contributed by atoms with Gasteiger partial charge in [0.05, 0.1) is 17.9 Å². The molecule has 5 heteroatoms. The van der Waals surface area contributed by atoms with Gasteiger partial charge in [-0.15, -0.1) is 0 Å². The van der Waals surface area contributed by atoms with Crippen LogP contribution in [0.5, 0.6) is 0 Å². The number of anilines is 6. The number of hydrogen-bond donors (Lipinski definition) is 0. The molecule has 3 heterocycles. The van der Waals surface area contributed by atoms with Gasteiger partial charge < -0.3 is 14.2 Å². The molecule has 5 aliphatic rings. The summed E-state index contributed by atoms with van der Waals surface area (Å²) in [6.45, 7) is 44.2. The molecule has 0 fully saturated rings. The van der Waals surface area contributed by atoms with E-state index in [0.717, 1.165) is 83.4 Å². The lowest BCUT2D eigenvalue weighted by Crippen LogP contribution is -2.61. The van der Waals surface area contributed by atoms with Crippen LogP contribution in [0.2, 0.25) is 0 Å². The van der Waals surface area contributed by atoms with E-state index in [1.54, 1.807) is 0 Å². The molecule has 0 atom stereocenters. The van der Waals surface area contributed by atoms with Crippen molar-refractivity contribution in [2.24, 2.45) is 0 Å². The molecule has 0 amide bonds. The molecule has 2 aliphatic heterocycles. The summed E-state index contributed by atoms with van der Waals surface area (Å²) in [7, 11) is 0. The number of benzene rings is 7. The Hall–Kier alpha value is -6.77. The average molecular weight is 1020 g/mol. The third-order valence-corrected chi connectivity index (χ3v) is 20.2. The molecule has 394 valence electrons. The van der Waals surface area contributed by atoms with E-state index in [4.69, 9.17) is 11.0 Å². The molecular formula is C73H78BN3O. The predicted molar refractivity (Wildman–Crippen MR) is 332 cm³/mol. The van der Waals surface area contributed by atoms with Crippen molar-refractivity contribution in [3.05, 3.63) is 178 Å². The molecule has 7 aromatic carbocycles. The van der Waals surface area contributed by atoms with E-state index in [-0.39, 0.29) is 44.6 Å². The van der Waals surface area contributed by atoms with Gasteiger partial charge in [-0.3, -0.25) is 0 Å². The molecule has 3 aliphatic carbocycles. The zero-order valence-electron chi connectivity index (χ0n) is 49.2. The monoisotopic (exact) mass is 1020 g/mol. The Kier molecular flexibility index (Phi) is 10.8. The summed E-state index contributed by atoms with van der Waals surface area (Å²) in [5, 5.41) is 1.17. The molecule has 0 N–H and O–H groups in total. The van der Waals surface area contributed by atoms with Crippen molar-refractivity contribution < 1.29 is 4.42 Å². The van der Waals surface area contributed by atoms with Crippen LogP contribution in [-0.2, 0) is 37.9 Å². The molecule has 0 spiro atoms. The van der Waals surface area contributed by atoms with Gasteiger partial charge in [0.2, 0.25) is 0 Å². The summed E-state index contributed by atoms with van der Waals surface area (Å²) in [5.74, 6) is 0. The predicted octanol–water partition coefficient (Wildman–Crippen LogP) is 18.7. The standard InChI is InChI=1S/C73H78BN3O/c1-67(2,3)46-24-26-48(27-25-46)77-62-38-45(51-23-18-17-22-50(51)44-20-19-21-47(36-44)75-16)37-61-64(62)74(66-65(77)52-40-55-58(43-63(52)78-66)73(14,15)35-32-70(55,8)9)59-41-56-57(72(12,13)34-33-71(56,10)11)42-60(59)76(61)49-28-29-53-54(39-49)69(6,7)31-30-68(53,4)5/h17-29,36-43H,30-35H2,1-15H3. The van der Waals surface area contributed by atoms with Crippen LogP contribution >= 0.6 is 0 Å². The Morgan fingerprint density at radius 3 is 1.58 bits per heavy atom. The van der Waals surface area contributed by atoms with Gasteiger partial charge in [0.25, 0.3) is 6.71 Å². The summed E-state index contributed by atoms with van der Waals surface area (Å²) in [6.07, 6.45) is 6.82. The van der Waals surface area contributed by atoms with E-state index in [1.165, 1.54) is 78.0 Å². The largest absolute Gasteiger partial charge is 0.468 e. The highest BCUT2D eigenvalue weighted by Crippen LogP contribution is 2.56. The van der Waals surface area contributed by atoms with E-state index in [1.807, 2.05) is 18.2 Å². The molecule has 0 bridgehead atoms. The minimum Gasteiger partial charge on any atom is -0.468 e. The Labute approximate surface area is 466 Å². The van der Waals surface area contributed by atoms with Crippen molar-refractivity contribution in [2.75, 3.05) is 9.80 Å². The van der Waals surface area contributed by atoms with Crippen molar-refractivity contribution in [1.82, 2.24) is 0 Å². The van der Waals surface area contributed by atoms with Crippen LogP contribution in [0.25, 0.3) is 38.1 Å². The molecular weight excluding hydrogens is 946 g/mol. The fourth-order valence-corrected chi connectivity index (χ4v) is 14.9. The first kappa shape index (κ1) is 50.7. The highest BCUT2D eigenvalue weighted by Gasteiger charge is 2.50. The first-order chi connectivity index (χ1) is 36.7. The van der Waals surface area contributed by atoms with Crippen molar-refractivity contribution in [1.29, 1.82) is 0 Å². The second-order valence-electron chi connectivity index (χ2n) is 29.2. The van der Waals surface area contributed by atoms with Gasteiger partial charge in [-0.05, 0) is 209 Å². The SMILES string of the molecule is [C-]#[N+]c1cccc(-c2ccccc2-c2cc3c4c(c2)N(c2ccc(C(C)(C)C)cc2)c2c(oc5cc6c(cc25)C(C)(C)CCC6(C)C)B4c2cc4c(cc2N3c2ccc3c(c2)C(C)(C)CCC3(C)C)C(C)(C)CCC4(C)C)c1. The number of hydrogen-bond acceptors (Lipinski definition) is 3. The first-order valence-corrected chi connectivity index (χ1v) is 29.1. The highest BCUT2D eigenvalue weighted by atomic mass is 16.3. The Morgan fingerprint density at radius 1 is 0.474 bits per heavy atom. The van der Waals surface area contributed by atoms with Crippen LogP contribution in [-0.4, -0.2) is 6.71 Å². The molecule has 4 nitrogen and oxygen atoms in total. The van der Waals surface area contributed by atoms with E-state index in [2.05, 4.69) is 228 Å². The van der Waals surface area contributed by atoms with Gasteiger partial charge in [0.15, 0.2) is 5.69 Å². The van der Waals surface area contributed by atoms with Crippen LogP contribution in [0.1, 0.15) is 181 Å². The third kappa shape index (κ3) is 7.58. The molecule has 0 saturated heterocycles. The van der Waals surface area contributed by atoms with E-state index in [0.29, 0.717) is 5.69 Å².